The summed E-state index contributed by atoms with van der Waals surface area (Å²) in [4.78, 5) is 13.6. The van der Waals surface area contributed by atoms with Crippen LogP contribution in [0.5, 0.6) is 0 Å². The summed E-state index contributed by atoms with van der Waals surface area (Å²) in [6.45, 7) is 4.79. The molecule has 1 aromatic rings. The number of nitrogens with zero attached hydrogens (tertiary/aromatic N) is 1. The molecule has 1 atom stereocenters. The first-order valence-corrected chi connectivity index (χ1v) is 5.24. The van der Waals surface area contributed by atoms with Gasteiger partial charge in [0.25, 0.3) is 0 Å². The molecule has 2 rings (SSSR count). The van der Waals surface area contributed by atoms with Crippen molar-refractivity contribution in [1.29, 1.82) is 0 Å². The van der Waals surface area contributed by atoms with Crippen LogP contribution in [0.15, 0.2) is 18.2 Å². The maximum absolute atomic E-state index is 11.8. The summed E-state index contributed by atoms with van der Waals surface area (Å²) in [5.74, 6) is 0.0451. The fraction of sp³-hybridized carbons (Fsp3) is 0.417. The quantitative estimate of drug-likeness (QED) is 0.751. The van der Waals surface area contributed by atoms with Crippen LogP contribution in [-0.4, -0.2) is 18.5 Å². The van der Waals surface area contributed by atoms with Gasteiger partial charge in [-0.25, -0.2) is 0 Å². The van der Waals surface area contributed by atoms with E-state index in [2.05, 4.69) is 6.07 Å². The van der Waals surface area contributed by atoms with Crippen molar-refractivity contribution < 1.29 is 4.79 Å². The number of nitrogens with two attached hydrogens (primary N) is 1. The second-order valence-corrected chi connectivity index (χ2v) is 4.17. The lowest BCUT2D eigenvalue weighted by Gasteiger charge is -2.19. The Morgan fingerprint density at radius 1 is 1.40 bits per heavy atom. The average molecular weight is 204 g/mol. The normalized spacial score (nSPS) is 21.1. The SMILES string of the molecule is Cc1ccc(C)c(N2CCC(N)C2=O)c1. The summed E-state index contributed by atoms with van der Waals surface area (Å²) in [6, 6.07) is 5.83. The highest BCUT2D eigenvalue weighted by Crippen LogP contribution is 2.25. The molecule has 0 aliphatic carbocycles. The van der Waals surface area contributed by atoms with E-state index < -0.39 is 0 Å². The molecule has 15 heavy (non-hydrogen) atoms. The molecule has 1 fully saturated rings. The van der Waals surface area contributed by atoms with Crippen LogP contribution in [0, 0.1) is 13.8 Å². The van der Waals surface area contributed by atoms with Gasteiger partial charge in [0, 0.05) is 12.2 Å². The minimum Gasteiger partial charge on any atom is -0.320 e. The molecule has 1 heterocycles. The lowest BCUT2D eigenvalue weighted by molar-refractivity contribution is -0.118. The van der Waals surface area contributed by atoms with Gasteiger partial charge in [0.05, 0.1) is 6.04 Å². The summed E-state index contributed by atoms with van der Waals surface area (Å²) in [6.07, 6.45) is 0.756. The van der Waals surface area contributed by atoms with E-state index in [0.717, 1.165) is 24.2 Å². The number of rotatable bonds is 1. The third kappa shape index (κ3) is 1.75. The molecule has 1 saturated heterocycles. The molecular formula is C12H16N2O. The van der Waals surface area contributed by atoms with Gasteiger partial charge in [-0.1, -0.05) is 12.1 Å². The Hall–Kier alpha value is -1.35. The molecule has 1 aromatic carbocycles. The number of carbonyl (C=O) groups excluding carboxylic acids is 1. The van der Waals surface area contributed by atoms with Gasteiger partial charge in [-0.05, 0) is 37.5 Å². The summed E-state index contributed by atoms with van der Waals surface area (Å²) in [5, 5.41) is 0. The first-order valence-electron chi connectivity index (χ1n) is 5.24. The molecule has 0 radical (unpaired) electrons. The fourth-order valence-electron chi connectivity index (χ4n) is 1.95. The maximum atomic E-state index is 11.8. The van der Waals surface area contributed by atoms with Crippen molar-refractivity contribution in [3.8, 4) is 0 Å². The summed E-state index contributed by atoms with van der Waals surface area (Å²) in [7, 11) is 0. The highest BCUT2D eigenvalue weighted by molar-refractivity contribution is 5.99. The van der Waals surface area contributed by atoms with Gasteiger partial charge in [0.1, 0.15) is 0 Å². The lowest BCUT2D eigenvalue weighted by Crippen LogP contribution is -2.34. The molecule has 0 saturated carbocycles. The summed E-state index contributed by atoms with van der Waals surface area (Å²) >= 11 is 0. The Labute approximate surface area is 89.9 Å². The molecular weight excluding hydrogens is 188 g/mol. The van der Waals surface area contributed by atoms with Crippen LogP contribution in [-0.2, 0) is 4.79 Å². The molecule has 1 aliphatic rings. The van der Waals surface area contributed by atoms with Crippen molar-refractivity contribution >= 4 is 11.6 Å². The molecule has 80 valence electrons. The predicted octanol–water partition coefficient (Wildman–Crippen LogP) is 1.37. The van der Waals surface area contributed by atoms with Gasteiger partial charge in [-0.3, -0.25) is 4.79 Å². The van der Waals surface area contributed by atoms with Crippen LogP contribution < -0.4 is 10.6 Å². The van der Waals surface area contributed by atoms with Gasteiger partial charge < -0.3 is 10.6 Å². The van der Waals surface area contributed by atoms with E-state index in [0.29, 0.717) is 0 Å². The molecule has 1 unspecified atom stereocenters. The van der Waals surface area contributed by atoms with Crippen LogP contribution in [0.3, 0.4) is 0 Å². The maximum Gasteiger partial charge on any atom is 0.243 e. The predicted molar refractivity (Wildman–Crippen MR) is 60.9 cm³/mol. The number of aryl methyl sites for hydroxylation is 2. The van der Waals surface area contributed by atoms with Crippen molar-refractivity contribution in [3.05, 3.63) is 29.3 Å². The van der Waals surface area contributed by atoms with Crippen molar-refractivity contribution in [3.63, 3.8) is 0 Å². The van der Waals surface area contributed by atoms with Gasteiger partial charge in [-0.2, -0.15) is 0 Å². The minimum absolute atomic E-state index is 0.0451. The summed E-state index contributed by atoms with van der Waals surface area (Å²) < 4.78 is 0. The van der Waals surface area contributed by atoms with E-state index in [1.807, 2.05) is 26.0 Å². The topological polar surface area (TPSA) is 46.3 Å². The number of benzene rings is 1. The van der Waals surface area contributed by atoms with Gasteiger partial charge in [-0.15, -0.1) is 0 Å². The van der Waals surface area contributed by atoms with Crippen molar-refractivity contribution in [1.82, 2.24) is 0 Å². The number of amides is 1. The minimum atomic E-state index is -0.315. The molecule has 0 bridgehead atoms. The highest BCUT2D eigenvalue weighted by Gasteiger charge is 2.30. The Bertz CT molecular complexity index is 401. The second-order valence-electron chi connectivity index (χ2n) is 4.17. The number of hydrogen-bond donors (Lipinski definition) is 1. The monoisotopic (exact) mass is 204 g/mol. The number of anilines is 1. The Morgan fingerprint density at radius 2 is 2.13 bits per heavy atom. The van der Waals surface area contributed by atoms with Crippen molar-refractivity contribution in [2.45, 2.75) is 26.3 Å². The number of hydrogen-bond acceptors (Lipinski definition) is 2. The molecule has 0 aromatic heterocycles. The number of carbonyl (C=O) groups is 1. The van der Waals surface area contributed by atoms with Crippen LogP contribution in [0.2, 0.25) is 0 Å². The fourth-order valence-corrected chi connectivity index (χ4v) is 1.95. The van der Waals surface area contributed by atoms with Gasteiger partial charge >= 0.3 is 0 Å². The van der Waals surface area contributed by atoms with Crippen LogP contribution in [0.1, 0.15) is 17.5 Å². The zero-order chi connectivity index (χ0) is 11.0. The lowest BCUT2D eigenvalue weighted by atomic mass is 10.1. The molecule has 2 N–H and O–H groups in total. The van der Waals surface area contributed by atoms with Gasteiger partial charge in [0.15, 0.2) is 0 Å². The Morgan fingerprint density at radius 3 is 2.73 bits per heavy atom. The first-order chi connectivity index (χ1) is 7.09. The molecule has 3 nitrogen and oxygen atoms in total. The van der Waals surface area contributed by atoms with E-state index in [-0.39, 0.29) is 11.9 Å². The zero-order valence-corrected chi connectivity index (χ0v) is 9.16. The van der Waals surface area contributed by atoms with E-state index in [9.17, 15) is 4.79 Å². The van der Waals surface area contributed by atoms with E-state index in [4.69, 9.17) is 5.73 Å². The van der Waals surface area contributed by atoms with Gasteiger partial charge in [0.2, 0.25) is 5.91 Å². The van der Waals surface area contributed by atoms with Crippen LogP contribution in [0.4, 0.5) is 5.69 Å². The zero-order valence-electron chi connectivity index (χ0n) is 9.16. The molecule has 0 spiro atoms. The van der Waals surface area contributed by atoms with E-state index in [1.165, 1.54) is 5.56 Å². The van der Waals surface area contributed by atoms with Crippen LogP contribution in [0.25, 0.3) is 0 Å². The third-order valence-corrected chi connectivity index (χ3v) is 2.90. The average Bonchev–Trinajstić information content (AvgIpc) is 2.52. The standard InChI is InChI=1S/C12H16N2O/c1-8-3-4-9(2)11(7-8)14-6-5-10(13)12(14)15/h3-4,7,10H,5-6,13H2,1-2H3. The van der Waals surface area contributed by atoms with E-state index >= 15 is 0 Å². The molecule has 3 heteroatoms. The van der Waals surface area contributed by atoms with Crippen LogP contribution >= 0.6 is 0 Å². The first kappa shape index (κ1) is 10.2. The van der Waals surface area contributed by atoms with E-state index in [1.54, 1.807) is 4.90 Å². The third-order valence-electron chi connectivity index (χ3n) is 2.90. The smallest absolute Gasteiger partial charge is 0.243 e. The Kier molecular flexibility index (Phi) is 2.49. The second kappa shape index (κ2) is 3.66. The Balaban J connectivity index is 2.37. The largest absolute Gasteiger partial charge is 0.320 e. The highest BCUT2D eigenvalue weighted by atomic mass is 16.2. The summed E-state index contributed by atoms with van der Waals surface area (Å²) in [5.41, 5.74) is 9.01. The van der Waals surface area contributed by atoms with Crippen molar-refractivity contribution in [2.75, 3.05) is 11.4 Å². The molecule has 1 aliphatic heterocycles. The van der Waals surface area contributed by atoms with Crippen molar-refractivity contribution in [2.24, 2.45) is 5.73 Å². The molecule has 1 amide bonds.